The van der Waals surface area contributed by atoms with Gasteiger partial charge in [0.05, 0.1) is 0 Å². The van der Waals surface area contributed by atoms with E-state index in [0.29, 0.717) is 30.7 Å². The predicted molar refractivity (Wildman–Crippen MR) is 85.5 cm³/mol. The number of carbonyl (C=O) groups is 1. The highest BCUT2D eigenvalue weighted by Crippen LogP contribution is 2.32. The summed E-state index contributed by atoms with van der Waals surface area (Å²) < 4.78 is 42.2. The molecule has 0 bridgehead atoms. The topological polar surface area (TPSA) is 48.0 Å². The van der Waals surface area contributed by atoms with Gasteiger partial charge >= 0.3 is 0 Å². The lowest BCUT2D eigenvalue weighted by Gasteiger charge is -2.21. The Labute approximate surface area is 143 Å². The van der Waals surface area contributed by atoms with Crippen molar-refractivity contribution in [1.29, 1.82) is 0 Å². The predicted octanol–water partition coefficient (Wildman–Crippen LogP) is 3.12. The molecule has 0 saturated carbocycles. The highest BCUT2D eigenvalue weighted by molar-refractivity contribution is 5.77. The molecule has 2 aromatic carbocycles. The molecule has 0 atom stereocenters. The van der Waals surface area contributed by atoms with E-state index in [1.165, 1.54) is 0 Å². The van der Waals surface area contributed by atoms with Crippen molar-refractivity contribution >= 4 is 5.91 Å². The zero-order valence-corrected chi connectivity index (χ0v) is 13.6. The maximum absolute atomic E-state index is 13.5. The minimum absolute atomic E-state index is 0.158. The Morgan fingerprint density at radius 3 is 2.72 bits per heavy atom. The van der Waals surface area contributed by atoms with Gasteiger partial charge in [-0.1, -0.05) is 6.07 Å². The van der Waals surface area contributed by atoms with E-state index < -0.39 is 11.6 Å². The number of rotatable bonds is 6. The third-order valence-corrected chi connectivity index (χ3v) is 3.79. The van der Waals surface area contributed by atoms with Crippen LogP contribution in [0.1, 0.15) is 12.5 Å². The minimum Gasteiger partial charge on any atom is -0.481 e. The van der Waals surface area contributed by atoms with Crippen LogP contribution < -0.4 is 14.2 Å². The number of likely N-dealkylation sites (N-methyl/N-ethyl adjacent to an activating group) is 1. The van der Waals surface area contributed by atoms with Gasteiger partial charge in [-0.25, -0.2) is 8.78 Å². The number of hydrogen-bond donors (Lipinski definition) is 0. The van der Waals surface area contributed by atoms with Gasteiger partial charge in [-0.3, -0.25) is 4.79 Å². The summed E-state index contributed by atoms with van der Waals surface area (Å²) in [5.74, 6) is -0.683. The number of hydrogen-bond acceptors (Lipinski definition) is 4. The fourth-order valence-electron chi connectivity index (χ4n) is 2.46. The summed E-state index contributed by atoms with van der Waals surface area (Å²) >= 11 is 0. The van der Waals surface area contributed by atoms with Gasteiger partial charge in [0, 0.05) is 19.2 Å². The first-order chi connectivity index (χ1) is 12.1. The first kappa shape index (κ1) is 17.0. The van der Waals surface area contributed by atoms with Crippen LogP contribution in [0, 0.1) is 11.6 Å². The van der Waals surface area contributed by atoms with Gasteiger partial charge in [0.15, 0.2) is 29.7 Å². The molecule has 0 aromatic heterocycles. The van der Waals surface area contributed by atoms with Crippen molar-refractivity contribution in [2.24, 2.45) is 0 Å². The second-order valence-corrected chi connectivity index (χ2v) is 5.46. The molecule has 0 aliphatic carbocycles. The molecule has 0 N–H and O–H groups in total. The SMILES string of the molecule is CCN(Cc1ccc2c(c1)OCO2)C(=O)COc1ccc(F)cc1F. The Bertz CT molecular complexity index is 782. The van der Waals surface area contributed by atoms with E-state index in [4.69, 9.17) is 14.2 Å². The third-order valence-electron chi connectivity index (χ3n) is 3.79. The van der Waals surface area contributed by atoms with E-state index in [-0.39, 0.29) is 25.1 Å². The van der Waals surface area contributed by atoms with Gasteiger partial charge in [-0.05, 0) is 36.8 Å². The van der Waals surface area contributed by atoms with Gasteiger partial charge in [0.2, 0.25) is 6.79 Å². The van der Waals surface area contributed by atoms with Gasteiger partial charge in [0.25, 0.3) is 5.91 Å². The van der Waals surface area contributed by atoms with E-state index in [1.807, 2.05) is 19.1 Å². The molecule has 1 aliphatic rings. The average Bonchev–Trinajstić information content (AvgIpc) is 3.06. The first-order valence-electron chi connectivity index (χ1n) is 7.81. The molecule has 0 unspecified atom stereocenters. The number of ether oxygens (including phenoxy) is 3. The molecule has 1 heterocycles. The average molecular weight is 349 g/mol. The summed E-state index contributed by atoms with van der Waals surface area (Å²) in [6, 6.07) is 8.41. The molecule has 2 aromatic rings. The molecule has 0 spiro atoms. The van der Waals surface area contributed by atoms with Gasteiger partial charge in [-0.2, -0.15) is 0 Å². The van der Waals surface area contributed by atoms with Crippen molar-refractivity contribution in [3.05, 3.63) is 53.6 Å². The number of carbonyl (C=O) groups excluding carboxylic acids is 1. The minimum atomic E-state index is -0.841. The molecule has 132 valence electrons. The number of amides is 1. The van der Waals surface area contributed by atoms with Crippen molar-refractivity contribution < 1.29 is 27.8 Å². The normalized spacial score (nSPS) is 12.1. The molecule has 3 rings (SSSR count). The Kier molecular flexibility index (Phi) is 5.02. The highest BCUT2D eigenvalue weighted by Gasteiger charge is 2.17. The number of nitrogens with zero attached hydrogens (tertiary/aromatic N) is 1. The Balaban J connectivity index is 1.61. The second kappa shape index (κ2) is 7.38. The zero-order valence-electron chi connectivity index (χ0n) is 13.6. The van der Waals surface area contributed by atoms with Gasteiger partial charge in [-0.15, -0.1) is 0 Å². The Hall–Kier alpha value is -2.83. The van der Waals surface area contributed by atoms with Crippen molar-refractivity contribution in [2.45, 2.75) is 13.5 Å². The molecule has 5 nitrogen and oxygen atoms in total. The molecular weight excluding hydrogens is 332 g/mol. The summed E-state index contributed by atoms with van der Waals surface area (Å²) in [6.07, 6.45) is 0. The zero-order chi connectivity index (χ0) is 17.8. The molecule has 0 saturated heterocycles. The monoisotopic (exact) mass is 349 g/mol. The van der Waals surface area contributed by atoms with Crippen LogP contribution >= 0.6 is 0 Å². The fourth-order valence-corrected chi connectivity index (χ4v) is 2.46. The fraction of sp³-hybridized carbons (Fsp3) is 0.278. The van der Waals surface area contributed by atoms with E-state index in [1.54, 1.807) is 11.0 Å². The second-order valence-electron chi connectivity index (χ2n) is 5.46. The molecule has 1 aliphatic heterocycles. The highest BCUT2D eigenvalue weighted by atomic mass is 19.1. The Morgan fingerprint density at radius 1 is 1.16 bits per heavy atom. The number of benzene rings is 2. The Morgan fingerprint density at radius 2 is 1.96 bits per heavy atom. The summed E-state index contributed by atoms with van der Waals surface area (Å²) in [7, 11) is 0. The smallest absolute Gasteiger partial charge is 0.260 e. The first-order valence-corrected chi connectivity index (χ1v) is 7.81. The summed E-state index contributed by atoms with van der Waals surface area (Å²) in [5, 5.41) is 0. The maximum Gasteiger partial charge on any atom is 0.260 e. The number of fused-ring (bicyclic) bond motifs is 1. The molecule has 25 heavy (non-hydrogen) atoms. The lowest BCUT2D eigenvalue weighted by Crippen LogP contribution is -2.34. The van der Waals surface area contributed by atoms with Crippen molar-refractivity contribution in [3.8, 4) is 17.2 Å². The number of halogens is 2. The maximum atomic E-state index is 13.5. The van der Waals surface area contributed by atoms with Crippen LogP contribution in [0.5, 0.6) is 17.2 Å². The largest absolute Gasteiger partial charge is 0.481 e. The summed E-state index contributed by atoms with van der Waals surface area (Å²) in [4.78, 5) is 13.9. The van der Waals surface area contributed by atoms with Crippen LogP contribution in [0.15, 0.2) is 36.4 Å². The van der Waals surface area contributed by atoms with Crippen molar-refractivity contribution in [1.82, 2.24) is 4.90 Å². The molecule has 7 heteroatoms. The van der Waals surface area contributed by atoms with E-state index in [0.717, 1.165) is 17.7 Å². The van der Waals surface area contributed by atoms with Gasteiger partial charge < -0.3 is 19.1 Å². The molecule has 0 radical (unpaired) electrons. The lowest BCUT2D eigenvalue weighted by atomic mass is 10.2. The molecule has 1 amide bonds. The lowest BCUT2D eigenvalue weighted by molar-refractivity contribution is -0.133. The van der Waals surface area contributed by atoms with Crippen LogP contribution in [-0.2, 0) is 11.3 Å². The van der Waals surface area contributed by atoms with Crippen LogP contribution in [0.2, 0.25) is 0 Å². The van der Waals surface area contributed by atoms with Crippen LogP contribution in [0.25, 0.3) is 0 Å². The summed E-state index contributed by atoms with van der Waals surface area (Å²) in [6.45, 7) is 2.51. The van der Waals surface area contributed by atoms with Crippen LogP contribution in [0.4, 0.5) is 8.78 Å². The molecular formula is C18H17F2NO4. The van der Waals surface area contributed by atoms with E-state index in [9.17, 15) is 13.6 Å². The molecule has 0 fully saturated rings. The van der Waals surface area contributed by atoms with Gasteiger partial charge in [0.1, 0.15) is 5.82 Å². The van der Waals surface area contributed by atoms with E-state index >= 15 is 0 Å². The van der Waals surface area contributed by atoms with Crippen LogP contribution in [-0.4, -0.2) is 30.8 Å². The van der Waals surface area contributed by atoms with Crippen LogP contribution in [0.3, 0.4) is 0 Å². The van der Waals surface area contributed by atoms with E-state index in [2.05, 4.69) is 0 Å². The third kappa shape index (κ3) is 3.99. The summed E-state index contributed by atoms with van der Waals surface area (Å²) in [5.41, 5.74) is 0.882. The van der Waals surface area contributed by atoms with Crippen molar-refractivity contribution in [3.63, 3.8) is 0 Å². The van der Waals surface area contributed by atoms with Crippen molar-refractivity contribution in [2.75, 3.05) is 19.9 Å². The standard InChI is InChI=1S/C18H17F2NO4/c1-2-21(9-12-3-5-16-17(7-12)25-11-24-16)18(22)10-23-15-6-4-13(19)8-14(15)20/h3-8H,2,9-11H2,1H3. The quantitative estimate of drug-likeness (QED) is 0.804.